The Balaban J connectivity index is 3.16. The van der Waals surface area contributed by atoms with Gasteiger partial charge in [0.2, 0.25) is 0 Å². The Morgan fingerprint density at radius 2 is 1.73 bits per heavy atom. The Morgan fingerprint density at radius 3 is 2.33 bits per heavy atom. The largest absolute Gasteiger partial charge is 0.385 e. The lowest BCUT2D eigenvalue weighted by atomic mass is 9.89. The second kappa shape index (κ2) is 8.70. The number of ether oxygens (including phenoxy) is 2. The predicted octanol–water partition coefficient (Wildman–Crippen LogP) is 2.76. The highest BCUT2D eigenvalue weighted by atomic mass is 16.5. The monoisotopic (exact) mass is 213 g/mol. The van der Waals surface area contributed by atoms with Gasteiger partial charge in [0.15, 0.2) is 0 Å². The summed E-state index contributed by atoms with van der Waals surface area (Å²) < 4.78 is 10.3. The molecule has 0 aromatic heterocycles. The van der Waals surface area contributed by atoms with E-state index in [0.717, 1.165) is 45.5 Å². The molecule has 0 aromatic carbocycles. The zero-order valence-corrected chi connectivity index (χ0v) is 10.2. The maximum atomic E-state index is 8.80. The molecule has 3 nitrogen and oxygen atoms in total. The van der Waals surface area contributed by atoms with Crippen LogP contribution in [-0.2, 0) is 9.47 Å². The Hall–Kier alpha value is -0.590. The number of rotatable bonds is 9. The summed E-state index contributed by atoms with van der Waals surface area (Å²) in [6.07, 6.45) is 4.01. The van der Waals surface area contributed by atoms with Crippen molar-refractivity contribution >= 4 is 0 Å². The molecule has 0 unspecified atom stereocenters. The van der Waals surface area contributed by atoms with Crippen molar-refractivity contribution in [1.29, 1.82) is 5.26 Å². The Labute approximate surface area is 93.4 Å². The average Bonchev–Trinajstić information content (AvgIpc) is 2.22. The third kappa shape index (κ3) is 9.71. The molecule has 0 spiro atoms. The molecular formula is C12H23NO2. The van der Waals surface area contributed by atoms with Crippen molar-refractivity contribution < 1.29 is 9.47 Å². The van der Waals surface area contributed by atoms with E-state index in [1.165, 1.54) is 0 Å². The van der Waals surface area contributed by atoms with E-state index in [9.17, 15) is 0 Å². The minimum absolute atomic E-state index is 0.184. The summed E-state index contributed by atoms with van der Waals surface area (Å²) in [4.78, 5) is 0. The van der Waals surface area contributed by atoms with Crippen molar-refractivity contribution in [2.24, 2.45) is 5.41 Å². The molecule has 0 N–H and O–H groups in total. The SMILES string of the molecule is COCCCOCCCCC(C)(C)C#N. The number of methoxy groups -OCH3 is 1. The number of hydrogen-bond acceptors (Lipinski definition) is 3. The zero-order chi connectivity index (χ0) is 11.6. The lowest BCUT2D eigenvalue weighted by Crippen LogP contribution is -2.08. The molecule has 0 radical (unpaired) electrons. The van der Waals surface area contributed by atoms with E-state index < -0.39 is 0 Å². The van der Waals surface area contributed by atoms with Gasteiger partial charge in [-0.2, -0.15) is 5.26 Å². The predicted molar refractivity (Wildman–Crippen MR) is 60.6 cm³/mol. The van der Waals surface area contributed by atoms with Crippen LogP contribution in [-0.4, -0.2) is 26.9 Å². The fourth-order valence-corrected chi connectivity index (χ4v) is 1.23. The van der Waals surface area contributed by atoms with Crippen LogP contribution in [0.15, 0.2) is 0 Å². The first-order valence-electron chi connectivity index (χ1n) is 5.60. The molecule has 0 aromatic rings. The van der Waals surface area contributed by atoms with Gasteiger partial charge in [-0.25, -0.2) is 0 Å². The summed E-state index contributed by atoms with van der Waals surface area (Å²) in [5.74, 6) is 0. The highest BCUT2D eigenvalue weighted by Crippen LogP contribution is 2.21. The lowest BCUT2D eigenvalue weighted by molar-refractivity contribution is 0.0993. The fourth-order valence-electron chi connectivity index (χ4n) is 1.23. The van der Waals surface area contributed by atoms with Gasteiger partial charge in [-0.1, -0.05) is 0 Å². The summed E-state index contributed by atoms with van der Waals surface area (Å²) in [5.41, 5.74) is -0.184. The van der Waals surface area contributed by atoms with E-state index in [4.69, 9.17) is 14.7 Å². The highest BCUT2D eigenvalue weighted by Gasteiger charge is 2.15. The first-order chi connectivity index (χ1) is 7.12. The standard InChI is InChI=1S/C12H23NO2/c1-12(2,11-13)7-4-5-9-15-10-6-8-14-3/h4-10H2,1-3H3. The number of hydrogen-bond donors (Lipinski definition) is 0. The van der Waals surface area contributed by atoms with E-state index in [1.54, 1.807) is 7.11 Å². The van der Waals surface area contributed by atoms with Crippen LogP contribution in [0.4, 0.5) is 0 Å². The molecule has 0 fully saturated rings. The van der Waals surface area contributed by atoms with Gasteiger partial charge in [-0.05, 0) is 39.5 Å². The molecule has 0 aliphatic carbocycles. The lowest BCUT2D eigenvalue weighted by Gasteiger charge is -2.14. The topological polar surface area (TPSA) is 42.2 Å². The van der Waals surface area contributed by atoms with Crippen LogP contribution in [0.2, 0.25) is 0 Å². The average molecular weight is 213 g/mol. The molecule has 0 atom stereocenters. The number of nitriles is 1. The van der Waals surface area contributed by atoms with Gasteiger partial charge in [0.1, 0.15) is 0 Å². The smallest absolute Gasteiger partial charge is 0.0683 e. The van der Waals surface area contributed by atoms with Crippen LogP contribution < -0.4 is 0 Å². The first kappa shape index (κ1) is 14.4. The van der Waals surface area contributed by atoms with Crippen LogP contribution in [0.25, 0.3) is 0 Å². The van der Waals surface area contributed by atoms with Crippen LogP contribution in [0, 0.1) is 16.7 Å². The minimum atomic E-state index is -0.184. The second-order valence-electron chi connectivity index (χ2n) is 4.41. The molecule has 0 rings (SSSR count). The summed E-state index contributed by atoms with van der Waals surface area (Å²) in [6.45, 7) is 6.29. The summed E-state index contributed by atoms with van der Waals surface area (Å²) in [5, 5.41) is 8.80. The van der Waals surface area contributed by atoms with Crippen LogP contribution in [0.1, 0.15) is 39.5 Å². The Kier molecular flexibility index (Phi) is 8.35. The first-order valence-corrected chi connectivity index (χ1v) is 5.60. The molecule has 0 saturated heterocycles. The third-order valence-electron chi connectivity index (χ3n) is 2.28. The third-order valence-corrected chi connectivity index (χ3v) is 2.28. The van der Waals surface area contributed by atoms with E-state index in [1.807, 2.05) is 13.8 Å². The van der Waals surface area contributed by atoms with E-state index in [2.05, 4.69) is 6.07 Å². The van der Waals surface area contributed by atoms with Crippen LogP contribution in [0.3, 0.4) is 0 Å². The van der Waals surface area contributed by atoms with Gasteiger partial charge in [-0.15, -0.1) is 0 Å². The van der Waals surface area contributed by atoms with Gasteiger partial charge < -0.3 is 9.47 Å². The van der Waals surface area contributed by atoms with Crippen molar-refractivity contribution in [3.05, 3.63) is 0 Å². The Morgan fingerprint density at radius 1 is 1.07 bits per heavy atom. The normalized spacial score (nSPS) is 11.3. The van der Waals surface area contributed by atoms with Gasteiger partial charge in [0, 0.05) is 26.9 Å². The van der Waals surface area contributed by atoms with Crippen molar-refractivity contribution in [2.45, 2.75) is 39.5 Å². The summed E-state index contributed by atoms with van der Waals surface area (Å²) in [7, 11) is 1.70. The molecule has 0 saturated carbocycles. The highest BCUT2D eigenvalue weighted by molar-refractivity contribution is 4.91. The molecule has 0 amide bonds. The zero-order valence-electron chi connectivity index (χ0n) is 10.2. The molecule has 15 heavy (non-hydrogen) atoms. The molecule has 0 aliphatic heterocycles. The minimum Gasteiger partial charge on any atom is -0.385 e. The van der Waals surface area contributed by atoms with E-state index in [-0.39, 0.29) is 5.41 Å². The van der Waals surface area contributed by atoms with Crippen molar-refractivity contribution in [3.63, 3.8) is 0 Å². The Bertz CT molecular complexity index is 185. The van der Waals surface area contributed by atoms with Gasteiger partial charge in [-0.3, -0.25) is 0 Å². The van der Waals surface area contributed by atoms with Crippen molar-refractivity contribution in [3.8, 4) is 6.07 Å². The van der Waals surface area contributed by atoms with Crippen molar-refractivity contribution in [2.75, 3.05) is 26.9 Å². The van der Waals surface area contributed by atoms with Crippen LogP contribution in [0.5, 0.6) is 0 Å². The fraction of sp³-hybridized carbons (Fsp3) is 0.917. The van der Waals surface area contributed by atoms with E-state index in [0.29, 0.717) is 0 Å². The number of nitrogens with zero attached hydrogens (tertiary/aromatic N) is 1. The summed E-state index contributed by atoms with van der Waals surface area (Å²) >= 11 is 0. The van der Waals surface area contributed by atoms with E-state index >= 15 is 0 Å². The van der Waals surface area contributed by atoms with Gasteiger partial charge in [0.05, 0.1) is 11.5 Å². The van der Waals surface area contributed by atoms with Gasteiger partial charge >= 0.3 is 0 Å². The number of unbranched alkanes of at least 4 members (excludes halogenated alkanes) is 1. The van der Waals surface area contributed by atoms with Gasteiger partial charge in [0.25, 0.3) is 0 Å². The maximum absolute atomic E-state index is 8.80. The molecular weight excluding hydrogens is 190 g/mol. The molecule has 0 heterocycles. The molecule has 0 aliphatic rings. The maximum Gasteiger partial charge on any atom is 0.0683 e. The van der Waals surface area contributed by atoms with Crippen molar-refractivity contribution in [1.82, 2.24) is 0 Å². The second-order valence-corrected chi connectivity index (χ2v) is 4.41. The summed E-state index contributed by atoms with van der Waals surface area (Å²) in [6, 6.07) is 2.30. The molecule has 0 bridgehead atoms. The van der Waals surface area contributed by atoms with Crippen LogP contribution >= 0.6 is 0 Å². The molecule has 3 heteroatoms. The molecule has 88 valence electrons. The quantitative estimate of drug-likeness (QED) is 0.553.